The van der Waals surface area contributed by atoms with Gasteiger partial charge >= 0.3 is 0 Å². The van der Waals surface area contributed by atoms with Crippen molar-refractivity contribution in [3.63, 3.8) is 0 Å². The molecule has 2 heterocycles. The summed E-state index contributed by atoms with van der Waals surface area (Å²) in [6.45, 7) is 4.39. The Labute approximate surface area is 96.0 Å². The van der Waals surface area contributed by atoms with Crippen molar-refractivity contribution in [1.29, 1.82) is 0 Å². The smallest absolute Gasteiger partial charge is 0.150 e. The van der Waals surface area contributed by atoms with Crippen LogP contribution in [0.5, 0.6) is 0 Å². The number of hydrogen-bond donors (Lipinski definition) is 1. The number of rotatable bonds is 3. The van der Waals surface area contributed by atoms with E-state index in [4.69, 9.17) is 4.52 Å². The molecule has 1 saturated heterocycles. The Morgan fingerprint density at radius 2 is 2.44 bits per heavy atom. The van der Waals surface area contributed by atoms with Crippen LogP contribution in [0.25, 0.3) is 0 Å². The van der Waals surface area contributed by atoms with Gasteiger partial charge < -0.3 is 9.84 Å². The third-order valence-electron chi connectivity index (χ3n) is 3.57. The first-order valence-corrected chi connectivity index (χ1v) is 6.27. The number of nitrogens with one attached hydrogen (secondary N) is 1. The summed E-state index contributed by atoms with van der Waals surface area (Å²) in [7, 11) is 0. The van der Waals surface area contributed by atoms with Gasteiger partial charge in [0, 0.05) is 18.7 Å². The SMILES string of the molecule is c1cc(CN2CCCNC(C3CC3)C2)on1. The van der Waals surface area contributed by atoms with Crippen LogP contribution in [0.4, 0.5) is 0 Å². The first-order valence-electron chi connectivity index (χ1n) is 6.27. The minimum absolute atomic E-state index is 0.699. The van der Waals surface area contributed by atoms with E-state index in [1.54, 1.807) is 6.20 Å². The van der Waals surface area contributed by atoms with Gasteiger partial charge in [0.1, 0.15) is 0 Å². The fourth-order valence-corrected chi connectivity index (χ4v) is 2.53. The second-order valence-corrected chi connectivity index (χ2v) is 4.97. The molecule has 1 aromatic rings. The summed E-state index contributed by atoms with van der Waals surface area (Å²) in [5.74, 6) is 1.91. The lowest BCUT2D eigenvalue weighted by molar-refractivity contribution is 0.221. The van der Waals surface area contributed by atoms with Crippen LogP contribution in [0.2, 0.25) is 0 Å². The van der Waals surface area contributed by atoms with Crippen molar-refractivity contribution < 1.29 is 4.52 Å². The highest BCUT2D eigenvalue weighted by Crippen LogP contribution is 2.33. The van der Waals surface area contributed by atoms with Gasteiger partial charge in [0.2, 0.25) is 0 Å². The lowest BCUT2D eigenvalue weighted by atomic mass is 10.2. The van der Waals surface area contributed by atoms with Crippen molar-refractivity contribution >= 4 is 0 Å². The molecule has 2 fully saturated rings. The van der Waals surface area contributed by atoms with Crippen molar-refractivity contribution in [1.82, 2.24) is 15.4 Å². The van der Waals surface area contributed by atoms with Gasteiger partial charge in [-0.15, -0.1) is 0 Å². The Kier molecular flexibility index (Phi) is 2.93. The van der Waals surface area contributed by atoms with E-state index >= 15 is 0 Å². The van der Waals surface area contributed by atoms with Crippen molar-refractivity contribution in [2.24, 2.45) is 5.92 Å². The molecule has 16 heavy (non-hydrogen) atoms. The Morgan fingerprint density at radius 1 is 1.50 bits per heavy atom. The van der Waals surface area contributed by atoms with Gasteiger partial charge in [-0.05, 0) is 38.3 Å². The number of hydrogen-bond acceptors (Lipinski definition) is 4. The molecule has 4 nitrogen and oxygen atoms in total. The summed E-state index contributed by atoms with van der Waals surface area (Å²) >= 11 is 0. The molecular formula is C12H19N3O. The Hall–Kier alpha value is -0.870. The fourth-order valence-electron chi connectivity index (χ4n) is 2.53. The van der Waals surface area contributed by atoms with E-state index in [-0.39, 0.29) is 0 Å². The Balaban J connectivity index is 1.60. The quantitative estimate of drug-likeness (QED) is 0.834. The average Bonchev–Trinajstić information content (AvgIpc) is 3.03. The van der Waals surface area contributed by atoms with Crippen LogP contribution in [0, 0.1) is 5.92 Å². The van der Waals surface area contributed by atoms with E-state index in [9.17, 15) is 0 Å². The molecule has 1 aliphatic heterocycles. The van der Waals surface area contributed by atoms with Crippen molar-refractivity contribution in [3.05, 3.63) is 18.0 Å². The maximum atomic E-state index is 5.18. The molecule has 2 aliphatic rings. The molecule has 1 atom stereocenters. The van der Waals surface area contributed by atoms with Gasteiger partial charge in [-0.3, -0.25) is 4.90 Å². The molecular weight excluding hydrogens is 202 g/mol. The standard InChI is InChI=1S/C12H19N3O/c1-5-13-12(10-2-3-10)9-15(7-1)8-11-4-6-14-16-11/h4,6,10,12-13H,1-3,5,7-9H2. The lowest BCUT2D eigenvalue weighted by Gasteiger charge is -2.23. The molecule has 1 N–H and O–H groups in total. The van der Waals surface area contributed by atoms with Crippen LogP contribution in [-0.4, -0.2) is 35.7 Å². The summed E-state index contributed by atoms with van der Waals surface area (Å²) in [6.07, 6.45) is 5.78. The van der Waals surface area contributed by atoms with Gasteiger partial charge in [-0.1, -0.05) is 5.16 Å². The molecule has 0 aromatic carbocycles. The highest BCUT2D eigenvalue weighted by atomic mass is 16.5. The topological polar surface area (TPSA) is 41.3 Å². The molecule has 4 heteroatoms. The molecule has 0 amide bonds. The molecule has 1 aromatic heterocycles. The molecule has 1 unspecified atom stereocenters. The molecule has 1 aliphatic carbocycles. The molecule has 0 radical (unpaired) electrons. The first kappa shape index (κ1) is 10.3. The summed E-state index contributed by atoms with van der Waals surface area (Å²) in [6, 6.07) is 2.66. The summed E-state index contributed by atoms with van der Waals surface area (Å²) < 4.78 is 5.18. The highest BCUT2D eigenvalue weighted by Gasteiger charge is 2.33. The van der Waals surface area contributed by atoms with Gasteiger partial charge in [0.15, 0.2) is 5.76 Å². The van der Waals surface area contributed by atoms with E-state index < -0.39 is 0 Å². The maximum Gasteiger partial charge on any atom is 0.150 e. The predicted octanol–water partition coefficient (Wildman–Crippen LogP) is 1.25. The Bertz CT molecular complexity index is 321. The number of aromatic nitrogens is 1. The zero-order valence-corrected chi connectivity index (χ0v) is 9.56. The maximum absolute atomic E-state index is 5.18. The number of nitrogens with zero attached hydrogens (tertiary/aromatic N) is 2. The van der Waals surface area contributed by atoms with Crippen LogP contribution in [0.3, 0.4) is 0 Å². The first-order chi connectivity index (χ1) is 7.92. The molecule has 88 valence electrons. The normalized spacial score (nSPS) is 27.9. The summed E-state index contributed by atoms with van der Waals surface area (Å²) in [5, 5.41) is 7.43. The van der Waals surface area contributed by atoms with E-state index in [2.05, 4.69) is 15.4 Å². The molecule has 1 saturated carbocycles. The summed E-state index contributed by atoms with van der Waals surface area (Å²) in [4.78, 5) is 2.49. The van der Waals surface area contributed by atoms with E-state index in [0.29, 0.717) is 6.04 Å². The minimum Gasteiger partial charge on any atom is -0.360 e. The second-order valence-electron chi connectivity index (χ2n) is 4.97. The third-order valence-corrected chi connectivity index (χ3v) is 3.57. The van der Waals surface area contributed by atoms with Crippen LogP contribution in [0.15, 0.2) is 16.8 Å². The fraction of sp³-hybridized carbons (Fsp3) is 0.750. The van der Waals surface area contributed by atoms with Gasteiger partial charge in [-0.2, -0.15) is 0 Å². The van der Waals surface area contributed by atoms with Gasteiger partial charge in [0.05, 0.1) is 12.7 Å². The zero-order chi connectivity index (χ0) is 10.8. The van der Waals surface area contributed by atoms with E-state index in [0.717, 1.165) is 37.9 Å². The monoisotopic (exact) mass is 221 g/mol. The largest absolute Gasteiger partial charge is 0.360 e. The van der Waals surface area contributed by atoms with Crippen LogP contribution in [-0.2, 0) is 6.54 Å². The van der Waals surface area contributed by atoms with Gasteiger partial charge in [-0.25, -0.2) is 0 Å². The predicted molar refractivity (Wildman–Crippen MR) is 60.9 cm³/mol. The molecule has 0 spiro atoms. The second kappa shape index (κ2) is 4.55. The average molecular weight is 221 g/mol. The van der Waals surface area contributed by atoms with E-state index in [1.165, 1.54) is 19.3 Å². The molecule has 3 rings (SSSR count). The van der Waals surface area contributed by atoms with Crippen molar-refractivity contribution in [2.75, 3.05) is 19.6 Å². The lowest BCUT2D eigenvalue weighted by Crippen LogP contribution is -2.38. The van der Waals surface area contributed by atoms with Crippen LogP contribution < -0.4 is 5.32 Å². The van der Waals surface area contributed by atoms with Crippen molar-refractivity contribution in [3.8, 4) is 0 Å². The van der Waals surface area contributed by atoms with Crippen LogP contribution in [0.1, 0.15) is 25.0 Å². The van der Waals surface area contributed by atoms with Crippen LogP contribution >= 0.6 is 0 Å². The third kappa shape index (κ3) is 2.44. The minimum atomic E-state index is 0.699. The Morgan fingerprint density at radius 3 is 3.19 bits per heavy atom. The highest BCUT2D eigenvalue weighted by molar-refractivity contribution is 4.95. The van der Waals surface area contributed by atoms with Crippen molar-refractivity contribution in [2.45, 2.75) is 31.8 Å². The van der Waals surface area contributed by atoms with E-state index in [1.807, 2.05) is 6.07 Å². The summed E-state index contributed by atoms with van der Waals surface area (Å²) in [5.41, 5.74) is 0. The van der Waals surface area contributed by atoms with Gasteiger partial charge in [0.25, 0.3) is 0 Å². The molecule has 0 bridgehead atoms. The zero-order valence-electron chi connectivity index (χ0n) is 9.56.